The predicted octanol–water partition coefficient (Wildman–Crippen LogP) is 3.06. The quantitative estimate of drug-likeness (QED) is 0.872. The van der Waals surface area contributed by atoms with Gasteiger partial charge < -0.3 is 20.2 Å². The van der Waals surface area contributed by atoms with Crippen LogP contribution in [0, 0.1) is 5.41 Å². The molecular formula is C21H29N3O2. The van der Waals surface area contributed by atoms with E-state index in [1.54, 1.807) is 0 Å². The maximum atomic E-state index is 8.32. The molecule has 26 heavy (non-hydrogen) atoms. The van der Waals surface area contributed by atoms with Crippen molar-refractivity contribution in [2.45, 2.75) is 44.7 Å². The van der Waals surface area contributed by atoms with Gasteiger partial charge in [-0.2, -0.15) is 0 Å². The highest BCUT2D eigenvalue weighted by Crippen LogP contribution is 2.32. The van der Waals surface area contributed by atoms with Crippen LogP contribution in [0.2, 0.25) is 0 Å². The van der Waals surface area contributed by atoms with Gasteiger partial charge in [0.05, 0.1) is 6.61 Å². The fourth-order valence-corrected chi connectivity index (χ4v) is 4.01. The first-order chi connectivity index (χ1) is 12.7. The normalized spacial score (nSPS) is 24.3. The second-order valence-corrected chi connectivity index (χ2v) is 7.56. The molecule has 140 valence electrons. The van der Waals surface area contributed by atoms with Crippen LogP contribution in [0.4, 0.5) is 0 Å². The number of nitrogens with zero attached hydrogens (tertiary/aromatic N) is 1. The summed E-state index contributed by atoms with van der Waals surface area (Å²) >= 11 is 0. The third kappa shape index (κ3) is 3.79. The third-order valence-electron chi connectivity index (χ3n) is 5.87. The zero-order valence-electron chi connectivity index (χ0n) is 15.6. The zero-order chi connectivity index (χ0) is 17.9. The smallest absolute Gasteiger partial charge is 0.122 e. The largest absolute Gasteiger partial charge is 0.493 e. The van der Waals surface area contributed by atoms with Gasteiger partial charge in [0.25, 0.3) is 0 Å². The van der Waals surface area contributed by atoms with Gasteiger partial charge in [-0.3, -0.25) is 4.90 Å². The Kier molecular flexibility index (Phi) is 5.27. The molecule has 4 rings (SSSR count). The first-order valence-electron chi connectivity index (χ1n) is 9.81. The number of hydrogen-bond acceptors (Lipinski definition) is 5. The van der Waals surface area contributed by atoms with Crippen LogP contribution >= 0.6 is 0 Å². The van der Waals surface area contributed by atoms with Crippen LogP contribution in [0.15, 0.2) is 30.0 Å². The van der Waals surface area contributed by atoms with Gasteiger partial charge in [-0.25, -0.2) is 0 Å². The molecule has 0 aromatic heterocycles. The molecule has 1 atom stereocenters. The SMILES string of the molecule is CC(c1ccc2c(c1)OCC2)N1CCC(=N)/C(=C\NC2CCOCC2)C1. The summed E-state index contributed by atoms with van der Waals surface area (Å²) in [6, 6.07) is 7.46. The second kappa shape index (κ2) is 7.80. The minimum atomic E-state index is 0.323. The van der Waals surface area contributed by atoms with E-state index in [9.17, 15) is 0 Å². The van der Waals surface area contributed by atoms with E-state index in [0.29, 0.717) is 12.1 Å². The Bertz CT molecular complexity index is 694. The Morgan fingerprint density at radius 2 is 2.08 bits per heavy atom. The summed E-state index contributed by atoms with van der Waals surface area (Å²) < 4.78 is 11.2. The molecule has 2 fully saturated rings. The van der Waals surface area contributed by atoms with Crippen LogP contribution in [0.25, 0.3) is 0 Å². The second-order valence-electron chi connectivity index (χ2n) is 7.56. The van der Waals surface area contributed by atoms with Crippen LogP contribution < -0.4 is 10.1 Å². The first kappa shape index (κ1) is 17.6. The van der Waals surface area contributed by atoms with Crippen LogP contribution in [0.1, 0.15) is 43.4 Å². The Morgan fingerprint density at radius 1 is 1.23 bits per heavy atom. The molecule has 0 amide bonds. The van der Waals surface area contributed by atoms with Gasteiger partial charge in [-0.05, 0) is 37.0 Å². The van der Waals surface area contributed by atoms with Crippen molar-refractivity contribution in [3.05, 3.63) is 41.1 Å². The first-order valence-corrected chi connectivity index (χ1v) is 9.81. The van der Waals surface area contributed by atoms with Crippen molar-refractivity contribution in [1.82, 2.24) is 10.2 Å². The molecule has 5 heteroatoms. The summed E-state index contributed by atoms with van der Waals surface area (Å²) in [5.74, 6) is 1.05. The lowest BCUT2D eigenvalue weighted by Crippen LogP contribution is -2.39. The van der Waals surface area contributed by atoms with Crippen LogP contribution in [0.3, 0.4) is 0 Å². The molecule has 3 aliphatic heterocycles. The van der Waals surface area contributed by atoms with Gasteiger partial charge in [0, 0.05) is 68.7 Å². The molecule has 1 aromatic rings. The Labute approximate surface area is 155 Å². The molecule has 0 radical (unpaired) electrons. The Hall–Kier alpha value is -1.85. The van der Waals surface area contributed by atoms with Crippen LogP contribution in [0.5, 0.6) is 5.75 Å². The Morgan fingerprint density at radius 3 is 2.92 bits per heavy atom. The number of piperidine rings is 1. The van der Waals surface area contributed by atoms with E-state index in [1.165, 1.54) is 11.1 Å². The number of fused-ring (bicyclic) bond motifs is 1. The summed E-state index contributed by atoms with van der Waals surface area (Å²) in [6.45, 7) is 6.50. The third-order valence-corrected chi connectivity index (χ3v) is 5.87. The van der Waals surface area contributed by atoms with E-state index in [1.807, 2.05) is 0 Å². The van der Waals surface area contributed by atoms with E-state index in [-0.39, 0.29) is 0 Å². The number of rotatable bonds is 4. The van der Waals surface area contributed by atoms with Crippen molar-refractivity contribution < 1.29 is 9.47 Å². The molecule has 0 spiro atoms. The minimum absolute atomic E-state index is 0.323. The molecule has 5 nitrogen and oxygen atoms in total. The molecule has 1 aromatic carbocycles. The van der Waals surface area contributed by atoms with E-state index in [0.717, 1.165) is 75.6 Å². The lowest BCUT2D eigenvalue weighted by Gasteiger charge is -2.35. The van der Waals surface area contributed by atoms with Crippen molar-refractivity contribution in [1.29, 1.82) is 5.41 Å². The zero-order valence-corrected chi connectivity index (χ0v) is 15.6. The van der Waals surface area contributed by atoms with E-state index < -0.39 is 0 Å². The predicted molar refractivity (Wildman–Crippen MR) is 103 cm³/mol. The molecule has 2 saturated heterocycles. The fourth-order valence-electron chi connectivity index (χ4n) is 4.01. The lowest BCUT2D eigenvalue weighted by molar-refractivity contribution is 0.0811. The molecule has 0 bridgehead atoms. The molecule has 1 unspecified atom stereocenters. The van der Waals surface area contributed by atoms with Crippen molar-refractivity contribution >= 4 is 5.71 Å². The maximum absolute atomic E-state index is 8.32. The standard InChI is InChI=1S/C21H29N3O2/c1-15(17-3-2-16-5-11-26-21(16)12-17)24-8-4-20(22)18(14-24)13-23-19-6-9-25-10-7-19/h2-3,12-13,15,19,22-23H,4-11,14H2,1H3/b18-13-,22-20?. The van der Waals surface area contributed by atoms with Gasteiger partial charge >= 0.3 is 0 Å². The fraction of sp³-hybridized carbons (Fsp3) is 0.571. The highest BCUT2D eigenvalue weighted by atomic mass is 16.5. The molecule has 3 heterocycles. The van der Waals surface area contributed by atoms with Crippen LogP contribution in [-0.2, 0) is 11.2 Å². The average Bonchev–Trinajstić information content (AvgIpc) is 3.15. The van der Waals surface area contributed by atoms with Gasteiger partial charge in [-0.15, -0.1) is 0 Å². The minimum Gasteiger partial charge on any atom is -0.493 e. The van der Waals surface area contributed by atoms with Gasteiger partial charge in [0.2, 0.25) is 0 Å². The number of ether oxygens (including phenoxy) is 2. The summed E-state index contributed by atoms with van der Waals surface area (Å²) in [5.41, 5.74) is 4.51. The Balaban J connectivity index is 1.42. The van der Waals surface area contributed by atoms with E-state index in [2.05, 4.69) is 41.5 Å². The topological polar surface area (TPSA) is 57.6 Å². The highest BCUT2D eigenvalue weighted by Gasteiger charge is 2.25. The lowest BCUT2D eigenvalue weighted by atomic mass is 9.97. The molecular weight excluding hydrogens is 326 g/mol. The molecule has 0 saturated carbocycles. The van der Waals surface area contributed by atoms with E-state index in [4.69, 9.17) is 14.9 Å². The average molecular weight is 355 g/mol. The molecule has 2 N–H and O–H groups in total. The van der Waals surface area contributed by atoms with Gasteiger partial charge in [0.1, 0.15) is 5.75 Å². The summed E-state index contributed by atoms with van der Waals surface area (Å²) in [5, 5.41) is 11.8. The monoisotopic (exact) mass is 355 g/mol. The van der Waals surface area contributed by atoms with Crippen LogP contribution in [-0.4, -0.2) is 49.6 Å². The maximum Gasteiger partial charge on any atom is 0.122 e. The van der Waals surface area contributed by atoms with Gasteiger partial charge in [-0.1, -0.05) is 12.1 Å². The van der Waals surface area contributed by atoms with Gasteiger partial charge in [0.15, 0.2) is 0 Å². The summed E-state index contributed by atoms with van der Waals surface area (Å²) in [7, 11) is 0. The number of hydrogen-bond donors (Lipinski definition) is 2. The van der Waals surface area contributed by atoms with Crippen molar-refractivity contribution in [2.24, 2.45) is 0 Å². The summed E-state index contributed by atoms with van der Waals surface area (Å²) in [4.78, 5) is 2.46. The van der Waals surface area contributed by atoms with Crippen molar-refractivity contribution in [3.63, 3.8) is 0 Å². The highest BCUT2D eigenvalue weighted by molar-refractivity contribution is 5.98. The molecule has 0 aliphatic carbocycles. The van der Waals surface area contributed by atoms with Crippen molar-refractivity contribution in [3.8, 4) is 5.75 Å². The molecule has 3 aliphatic rings. The van der Waals surface area contributed by atoms with E-state index >= 15 is 0 Å². The number of nitrogens with one attached hydrogen (secondary N) is 2. The van der Waals surface area contributed by atoms with Crippen molar-refractivity contribution in [2.75, 3.05) is 32.9 Å². The number of likely N-dealkylation sites (tertiary alicyclic amines) is 1. The summed E-state index contributed by atoms with van der Waals surface area (Å²) in [6.07, 6.45) is 6.02. The number of benzene rings is 1.